The second-order valence-corrected chi connectivity index (χ2v) is 12.6. The lowest BCUT2D eigenvalue weighted by Gasteiger charge is -2.14. The first-order valence-electron chi connectivity index (χ1n) is 27.2. The summed E-state index contributed by atoms with van der Waals surface area (Å²) in [5.41, 5.74) is 0.435. The predicted octanol–water partition coefficient (Wildman–Crippen LogP) is 12.7. The standard InChI is InChI=1S/C51H33N5/c1-3-16-34(17-4-1)36-30-31-44-43-26-11-14-29-47(43)56(48(44)33-36)51-53-49(52-50(54-51)55-45-27-12-9-24-41(45)42-25-10-13-28-46(42)55)38-21-15-20-37(32-38)40-23-8-7-22-39(40)35-18-5-2-6-19-35/h1-33H/i1D,3D,4D,9D,10D,11D,12D,13D,14D,16D,17D,24D,25D,26D,27D,28D,29D,30D,31D,33D. The number of para-hydroxylation sites is 3. The van der Waals surface area contributed by atoms with Crippen LogP contribution >= 0.6 is 0 Å². The summed E-state index contributed by atoms with van der Waals surface area (Å²) in [6, 6.07) is 8.95. The van der Waals surface area contributed by atoms with Crippen LogP contribution in [-0.2, 0) is 0 Å². The number of hydrogen-bond acceptors (Lipinski definition) is 3. The molecule has 0 atom stereocenters. The van der Waals surface area contributed by atoms with E-state index in [2.05, 4.69) is 0 Å². The van der Waals surface area contributed by atoms with Gasteiger partial charge in [-0.1, -0.05) is 169 Å². The van der Waals surface area contributed by atoms with Gasteiger partial charge in [0.2, 0.25) is 11.9 Å². The highest BCUT2D eigenvalue weighted by atomic mass is 15.3. The van der Waals surface area contributed by atoms with E-state index in [-0.39, 0.29) is 38.6 Å². The van der Waals surface area contributed by atoms with E-state index in [0.717, 1.165) is 25.8 Å². The van der Waals surface area contributed by atoms with E-state index in [4.69, 9.17) is 32.8 Å². The average molecular weight is 736 g/mol. The van der Waals surface area contributed by atoms with Crippen LogP contribution in [0.15, 0.2) is 200 Å². The molecule has 11 rings (SSSR count). The molecule has 3 heterocycles. The van der Waals surface area contributed by atoms with Crippen LogP contribution in [0.5, 0.6) is 0 Å². The molecular weight excluding hydrogens is 683 g/mol. The molecule has 0 saturated carbocycles. The molecular formula is C51H33N5. The zero-order chi connectivity index (χ0) is 54.4. The summed E-state index contributed by atoms with van der Waals surface area (Å²) in [7, 11) is 0. The summed E-state index contributed by atoms with van der Waals surface area (Å²) in [5, 5.41) is -1.43. The largest absolute Gasteiger partial charge is 0.278 e. The van der Waals surface area contributed by atoms with Gasteiger partial charge in [0, 0.05) is 27.1 Å². The van der Waals surface area contributed by atoms with Crippen molar-refractivity contribution in [2.75, 3.05) is 0 Å². The van der Waals surface area contributed by atoms with E-state index in [9.17, 15) is 9.60 Å². The maximum Gasteiger partial charge on any atom is 0.240 e. The van der Waals surface area contributed by atoms with E-state index in [1.165, 1.54) is 0 Å². The van der Waals surface area contributed by atoms with Gasteiger partial charge in [-0.15, -0.1) is 0 Å². The Balaban J connectivity index is 1.35. The molecule has 0 fully saturated rings. The van der Waals surface area contributed by atoms with Crippen LogP contribution in [0.2, 0.25) is 0 Å². The molecule has 262 valence electrons. The molecule has 0 amide bonds. The van der Waals surface area contributed by atoms with Gasteiger partial charge in [-0.2, -0.15) is 15.0 Å². The zero-order valence-electron chi connectivity index (χ0n) is 48.7. The highest BCUT2D eigenvalue weighted by molar-refractivity contribution is 6.10. The highest BCUT2D eigenvalue weighted by Crippen LogP contribution is 2.37. The Morgan fingerprint density at radius 2 is 0.857 bits per heavy atom. The highest BCUT2D eigenvalue weighted by Gasteiger charge is 2.21. The van der Waals surface area contributed by atoms with Crippen LogP contribution < -0.4 is 0 Å². The van der Waals surface area contributed by atoms with Gasteiger partial charge in [0.25, 0.3) is 0 Å². The van der Waals surface area contributed by atoms with Crippen molar-refractivity contribution in [3.8, 4) is 56.7 Å². The van der Waals surface area contributed by atoms with Crippen molar-refractivity contribution in [2.24, 2.45) is 0 Å². The summed E-state index contributed by atoms with van der Waals surface area (Å²) in [4.78, 5) is 14.6. The Bertz CT molecular complexity index is 4310. The molecule has 5 nitrogen and oxygen atoms in total. The first-order chi connectivity index (χ1) is 36.1. The van der Waals surface area contributed by atoms with Crippen LogP contribution in [0.1, 0.15) is 27.4 Å². The number of aromatic nitrogens is 5. The molecule has 11 aromatic rings. The second-order valence-electron chi connectivity index (χ2n) is 12.6. The fourth-order valence-corrected chi connectivity index (χ4v) is 6.95. The SMILES string of the molecule is [2H]c1c([2H])c([2H])c(-c2c([2H])c([2H])c3c4c([2H])c([2H])c([2H])c([2H])c4n(-c4nc(-c5cccc(-c6ccccc6-c6ccccc6)c5)nc(-n5c6c([2H])c([2H])c([2H])c([2H])c6c6c([2H])c([2H])c([2H])c([2H])c65)n4)c3c2[2H])c([2H])c1[2H]. The molecule has 56 heavy (non-hydrogen) atoms. The zero-order valence-corrected chi connectivity index (χ0v) is 28.7. The van der Waals surface area contributed by atoms with Crippen LogP contribution in [0.4, 0.5) is 0 Å². The van der Waals surface area contributed by atoms with Crippen LogP contribution in [-0.4, -0.2) is 24.1 Å². The lowest BCUT2D eigenvalue weighted by Crippen LogP contribution is -2.10. The van der Waals surface area contributed by atoms with Crippen molar-refractivity contribution in [3.63, 3.8) is 0 Å². The van der Waals surface area contributed by atoms with Gasteiger partial charge in [-0.3, -0.25) is 9.13 Å². The van der Waals surface area contributed by atoms with E-state index >= 15 is 0 Å². The van der Waals surface area contributed by atoms with Gasteiger partial charge in [-0.25, -0.2) is 0 Å². The molecule has 5 heteroatoms. The van der Waals surface area contributed by atoms with Gasteiger partial charge >= 0.3 is 0 Å². The molecule has 8 aromatic carbocycles. The minimum absolute atomic E-state index is 0.230. The van der Waals surface area contributed by atoms with E-state index in [1.807, 2.05) is 60.7 Å². The van der Waals surface area contributed by atoms with E-state index < -0.39 is 160 Å². The third kappa shape index (κ3) is 5.21. The van der Waals surface area contributed by atoms with Gasteiger partial charge in [0.15, 0.2) is 5.82 Å². The quantitative estimate of drug-likeness (QED) is 0.171. The van der Waals surface area contributed by atoms with E-state index in [0.29, 0.717) is 5.56 Å². The number of benzene rings is 8. The lowest BCUT2D eigenvalue weighted by atomic mass is 9.94. The predicted molar refractivity (Wildman–Crippen MR) is 230 cm³/mol. The maximum absolute atomic E-state index is 9.88. The monoisotopic (exact) mass is 735 g/mol. The molecule has 0 aliphatic carbocycles. The van der Waals surface area contributed by atoms with Gasteiger partial charge in [0.05, 0.1) is 49.5 Å². The van der Waals surface area contributed by atoms with Crippen molar-refractivity contribution < 1.29 is 27.4 Å². The molecule has 0 saturated heterocycles. The molecule has 0 radical (unpaired) electrons. The minimum atomic E-state index is -0.822. The summed E-state index contributed by atoms with van der Waals surface area (Å²) >= 11 is 0. The summed E-state index contributed by atoms with van der Waals surface area (Å²) in [6.07, 6.45) is 0. The third-order valence-corrected chi connectivity index (χ3v) is 9.40. The van der Waals surface area contributed by atoms with Gasteiger partial charge in [0.1, 0.15) is 0 Å². The van der Waals surface area contributed by atoms with Crippen molar-refractivity contribution in [1.82, 2.24) is 24.1 Å². The molecule has 3 aromatic heterocycles. The fourth-order valence-electron chi connectivity index (χ4n) is 6.95. The van der Waals surface area contributed by atoms with Crippen molar-refractivity contribution in [2.45, 2.75) is 0 Å². The smallest absolute Gasteiger partial charge is 0.240 e. The molecule has 0 spiro atoms. The first kappa shape index (κ1) is 17.7. The number of rotatable bonds is 6. The Morgan fingerprint density at radius 3 is 1.50 bits per heavy atom. The summed E-state index contributed by atoms with van der Waals surface area (Å²) in [6.45, 7) is 0. The van der Waals surface area contributed by atoms with Crippen LogP contribution in [0.3, 0.4) is 0 Å². The molecule has 0 aliphatic heterocycles. The molecule has 0 N–H and O–H groups in total. The number of hydrogen-bond donors (Lipinski definition) is 0. The molecule has 0 bridgehead atoms. The Hall–Kier alpha value is -7.63. The van der Waals surface area contributed by atoms with Crippen molar-refractivity contribution in [3.05, 3.63) is 200 Å². The Kier molecular flexibility index (Phi) is 4.12. The van der Waals surface area contributed by atoms with Crippen molar-refractivity contribution >= 4 is 43.6 Å². The van der Waals surface area contributed by atoms with E-state index in [1.54, 1.807) is 18.2 Å². The molecule has 0 unspecified atom stereocenters. The van der Waals surface area contributed by atoms with Gasteiger partial charge < -0.3 is 0 Å². The van der Waals surface area contributed by atoms with Crippen LogP contribution in [0.25, 0.3) is 100 Å². The second kappa shape index (κ2) is 13.0. The number of fused-ring (bicyclic) bond motifs is 6. The normalized spacial score (nSPS) is 16.6. The number of nitrogens with zero attached hydrogens (tertiary/aromatic N) is 5. The van der Waals surface area contributed by atoms with Crippen molar-refractivity contribution in [1.29, 1.82) is 0 Å². The lowest BCUT2D eigenvalue weighted by molar-refractivity contribution is 0.893. The summed E-state index contributed by atoms with van der Waals surface area (Å²) < 4.78 is 181. The Labute approximate surface area is 351 Å². The maximum atomic E-state index is 9.88. The van der Waals surface area contributed by atoms with Gasteiger partial charge in [-0.05, 0) is 63.6 Å². The first-order valence-corrected chi connectivity index (χ1v) is 17.2. The third-order valence-electron chi connectivity index (χ3n) is 9.40. The topological polar surface area (TPSA) is 48.5 Å². The molecule has 0 aliphatic rings. The van der Waals surface area contributed by atoms with Crippen LogP contribution in [0, 0.1) is 0 Å². The Morgan fingerprint density at radius 1 is 0.357 bits per heavy atom. The fraction of sp³-hybridized carbons (Fsp3) is 0. The summed E-state index contributed by atoms with van der Waals surface area (Å²) in [5.74, 6) is -1.37. The minimum Gasteiger partial charge on any atom is -0.278 e. The average Bonchev–Trinajstić information content (AvgIpc) is 4.21.